The minimum Gasteiger partial charge on any atom is -0.443 e. The van der Waals surface area contributed by atoms with Gasteiger partial charge in [0.05, 0.1) is 5.69 Å². The summed E-state index contributed by atoms with van der Waals surface area (Å²) in [5, 5.41) is 0. The number of ether oxygens (including phenoxy) is 1. The second-order valence-electron chi connectivity index (χ2n) is 5.00. The Morgan fingerprint density at radius 3 is 2.47 bits per heavy atom. The van der Waals surface area contributed by atoms with E-state index >= 15 is 0 Å². The van der Waals surface area contributed by atoms with Gasteiger partial charge in [-0.1, -0.05) is 12.1 Å². The highest BCUT2D eigenvalue weighted by Crippen LogP contribution is 2.17. The molecule has 0 aliphatic heterocycles. The molecule has 0 saturated heterocycles. The number of nitrogens with one attached hydrogen (secondary N) is 2. The summed E-state index contributed by atoms with van der Waals surface area (Å²) in [6.07, 6.45) is -0.488. The quantitative estimate of drug-likeness (QED) is 0.775. The van der Waals surface area contributed by atoms with Crippen LogP contribution in [0.2, 0.25) is 0 Å². The Morgan fingerprint density at radius 2 is 1.88 bits per heavy atom. The first-order valence-electron chi connectivity index (χ1n) is 5.61. The van der Waals surface area contributed by atoms with Gasteiger partial charge < -0.3 is 4.74 Å². The Balaban J connectivity index is 2.56. The molecule has 0 saturated carbocycles. The average Bonchev–Trinajstić information content (AvgIpc) is 2.18. The molecule has 4 nitrogen and oxygen atoms in total. The first-order valence-corrected chi connectivity index (χ1v) is 5.61. The number of rotatable bonds is 2. The van der Waals surface area contributed by atoms with Crippen molar-refractivity contribution in [3.8, 4) is 0 Å². The highest BCUT2D eigenvalue weighted by molar-refractivity contribution is 5.70. The molecule has 0 aromatic heterocycles. The summed E-state index contributed by atoms with van der Waals surface area (Å²) in [7, 11) is 0. The summed E-state index contributed by atoms with van der Waals surface area (Å²) in [5.74, 6) is 0. The molecule has 0 fully saturated rings. The Hall–Kier alpha value is -1.71. The van der Waals surface area contributed by atoms with Gasteiger partial charge in [-0.25, -0.2) is 10.2 Å². The molecule has 1 amide bonds. The summed E-state index contributed by atoms with van der Waals surface area (Å²) in [4.78, 5) is 11.4. The van der Waals surface area contributed by atoms with Crippen LogP contribution in [0.5, 0.6) is 0 Å². The number of carbonyl (C=O) groups is 1. The van der Waals surface area contributed by atoms with Crippen molar-refractivity contribution in [2.45, 2.75) is 40.2 Å². The van der Waals surface area contributed by atoms with Crippen LogP contribution in [0.15, 0.2) is 18.2 Å². The molecule has 0 heterocycles. The summed E-state index contributed by atoms with van der Waals surface area (Å²) < 4.78 is 5.12. The monoisotopic (exact) mass is 236 g/mol. The van der Waals surface area contributed by atoms with E-state index in [0.717, 1.165) is 11.3 Å². The standard InChI is InChI=1S/C13H20N2O2/c1-9-7-6-8-11(10(9)2)14-15-12(16)17-13(3,4)5/h6-8,14H,1-5H3,(H,15,16). The first kappa shape index (κ1) is 13.4. The fourth-order valence-corrected chi connectivity index (χ4v) is 1.31. The highest BCUT2D eigenvalue weighted by atomic mass is 16.6. The van der Waals surface area contributed by atoms with Crippen LogP contribution in [0, 0.1) is 13.8 Å². The summed E-state index contributed by atoms with van der Waals surface area (Å²) >= 11 is 0. The van der Waals surface area contributed by atoms with Gasteiger partial charge in [0.25, 0.3) is 0 Å². The van der Waals surface area contributed by atoms with Crippen LogP contribution in [0.25, 0.3) is 0 Å². The van der Waals surface area contributed by atoms with Crippen molar-refractivity contribution in [1.29, 1.82) is 0 Å². The molecule has 1 aromatic rings. The molecule has 0 unspecified atom stereocenters. The normalized spacial score (nSPS) is 10.9. The molecular weight excluding hydrogens is 216 g/mol. The lowest BCUT2D eigenvalue weighted by atomic mass is 10.1. The Morgan fingerprint density at radius 1 is 1.24 bits per heavy atom. The van der Waals surface area contributed by atoms with E-state index in [0.29, 0.717) is 0 Å². The van der Waals surface area contributed by atoms with Crippen LogP contribution in [0.1, 0.15) is 31.9 Å². The van der Waals surface area contributed by atoms with E-state index in [1.165, 1.54) is 5.56 Å². The predicted molar refractivity (Wildman–Crippen MR) is 68.9 cm³/mol. The van der Waals surface area contributed by atoms with Crippen molar-refractivity contribution in [1.82, 2.24) is 5.43 Å². The van der Waals surface area contributed by atoms with E-state index in [2.05, 4.69) is 10.9 Å². The molecule has 1 rings (SSSR count). The molecule has 94 valence electrons. The number of hydrogen-bond acceptors (Lipinski definition) is 3. The minimum atomic E-state index is -0.493. The Kier molecular flexibility index (Phi) is 3.99. The van der Waals surface area contributed by atoms with Crippen LogP contribution in [0.3, 0.4) is 0 Å². The summed E-state index contributed by atoms with van der Waals surface area (Å²) in [6, 6.07) is 5.86. The van der Waals surface area contributed by atoms with Crippen molar-refractivity contribution >= 4 is 11.8 Å². The van der Waals surface area contributed by atoms with Gasteiger partial charge in [-0.05, 0) is 51.8 Å². The number of aryl methyl sites for hydroxylation is 1. The topological polar surface area (TPSA) is 50.4 Å². The van der Waals surface area contributed by atoms with Crippen LogP contribution >= 0.6 is 0 Å². The van der Waals surface area contributed by atoms with Gasteiger partial charge in [0, 0.05) is 0 Å². The maximum atomic E-state index is 11.4. The lowest BCUT2D eigenvalue weighted by molar-refractivity contribution is 0.0541. The van der Waals surface area contributed by atoms with Crippen molar-refractivity contribution in [3.05, 3.63) is 29.3 Å². The second kappa shape index (κ2) is 5.08. The molecule has 0 atom stereocenters. The third-order valence-electron chi connectivity index (χ3n) is 2.30. The van der Waals surface area contributed by atoms with Crippen molar-refractivity contribution in [3.63, 3.8) is 0 Å². The Bertz CT molecular complexity index is 408. The molecule has 0 radical (unpaired) electrons. The van der Waals surface area contributed by atoms with Crippen LogP contribution in [-0.4, -0.2) is 11.7 Å². The maximum Gasteiger partial charge on any atom is 0.426 e. The van der Waals surface area contributed by atoms with Gasteiger partial charge >= 0.3 is 6.09 Å². The van der Waals surface area contributed by atoms with Gasteiger partial charge in [-0.3, -0.25) is 5.43 Å². The number of hydrogen-bond donors (Lipinski definition) is 2. The van der Waals surface area contributed by atoms with Crippen molar-refractivity contribution < 1.29 is 9.53 Å². The highest BCUT2D eigenvalue weighted by Gasteiger charge is 2.15. The van der Waals surface area contributed by atoms with E-state index in [1.807, 2.05) is 52.8 Å². The lowest BCUT2D eigenvalue weighted by Gasteiger charge is -2.20. The largest absolute Gasteiger partial charge is 0.443 e. The fourth-order valence-electron chi connectivity index (χ4n) is 1.31. The van der Waals surface area contributed by atoms with Gasteiger partial charge in [-0.2, -0.15) is 0 Å². The van der Waals surface area contributed by atoms with Crippen molar-refractivity contribution in [2.75, 3.05) is 5.43 Å². The summed E-state index contributed by atoms with van der Waals surface area (Å²) in [5.41, 5.74) is 8.01. The smallest absolute Gasteiger partial charge is 0.426 e. The van der Waals surface area contributed by atoms with E-state index < -0.39 is 11.7 Å². The van der Waals surface area contributed by atoms with Gasteiger partial charge in [0.15, 0.2) is 0 Å². The van der Waals surface area contributed by atoms with Gasteiger partial charge in [0.1, 0.15) is 5.60 Å². The van der Waals surface area contributed by atoms with E-state index in [1.54, 1.807) is 0 Å². The Labute approximate surface area is 102 Å². The number of amides is 1. The summed E-state index contributed by atoms with van der Waals surface area (Å²) in [6.45, 7) is 9.49. The SMILES string of the molecule is Cc1cccc(NNC(=O)OC(C)(C)C)c1C. The zero-order chi connectivity index (χ0) is 13.1. The molecule has 17 heavy (non-hydrogen) atoms. The molecule has 0 aliphatic rings. The average molecular weight is 236 g/mol. The van der Waals surface area contributed by atoms with Crippen LogP contribution in [0.4, 0.5) is 10.5 Å². The molecule has 2 N–H and O–H groups in total. The van der Waals surface area contributed by atoms with E-state index in [-0.39, 0.29) is 0 Å². The number of anilines is 1. The first-order chi connectivity index (χ1) is 7.79. The zero-order valence-corrected chi connectivity index (χ0v) is 11.0. The second-order valence-corrected chi connectivity index (χ2v) is 5.00. The minimum absolute atomic E-state index is 0.488. The molecule has 1 aromatic carbocycles. The van der Waals surface area contributed by atoms with Crippen LogP contribution < -0.4 is 10.9 Å². The lowest BCUT2D eigenvalue weighted by Crippen LogP contribution is -2.36. The van der Waals surface area contributed by atoms with E-state index in [9.17, 15) is 4.79 Å². The van der Waals surface area contributed by atoms with Gasteiger partial charge in [0.2, 0.25) is 0 Å². The van der Waals surface area contributed by atoms with Crippen molar-refractivity contribution in [2.24, 2.45) is 0 Å². The number of hydrazine groups is 1. The zero-order valence-electron chi connectivity index (χ0n) is 11.0. The maximum absolute atomic E-state index is 11.4. The fraction of sp³-hybridized carbons (Fsp3) is 0.462. The predicted octanol–water partition coefficient (Wildman–Crippen LogP) is 3.16. The molecule has 0 aliphatic carbocycles. The number of carbonyl (C=O) groups excluding carboxylic acids is 1. The van der Waals surface area contributed by atoms with E-state index in [4.69, 9.17) is 4.74 Å². The molecular formula is C13H20N2O2. The third kappa shape index (κ3) is 4.34. The third-order valence-corrected chi connectivity index (χ3v) is 2.30. The molecule has 4 heteroatoms. The molecule has 0 spiro atoms. The van der Waals surface area contributed by atoms with Gasteiger partial charge in [-0.15, -0.1) is 0 Å². The number of benzene rings is 1. The molecule has 0 bridgehead atoms. The van der Waals surface area contributed by atoms with Crippen LogP contribution in [-0.2, 0) is 4.74 Å².